The fourth-order valence-electron chi connectivity index (χ4n) is 5.65. The summed E-state index contributed by atoms with van der Waals surface area (Å²) >= 11 is 1.39. The van der Waals surface area contributed by atoms with Crippen LogP contribution < -0.4 is 14.4 Å². The fourth-order valence-corrected chi connectivity index (χ4v) is 5.99. The Kier molecular flexibility index (Phi) is 9.15. The third kappa shape index (κ3) is 6.90. The second-order valence-corrected chi connectivity index (χ2v) is 11.6. The second kappa shape index (κ2) is 12.8. The van der Waals surface area contributed by atoms with Gasteiger partial charge in [0.25, 0.3) is 0 Å². The highest BCUT2D eigenvalue weighted by molar-refractivity contribution is 7.98. The molecule has 2 heterocycles. The Morgan fingerprint density at radius 2 is 1.51 bits per heavy atom. The van der Waals surface area contributed by atoms with Crippen molar-refractivity contribution >= 4 is 17.6 Å². The summed E-state index contributed by atoms with van der Waals surface area (Å²) in [5, 5.41) is 0.561. The molecule has 1 aliphatic carbocycles. The number of anilines is 1. The quantitative estimate of drug-likeness (QED) is 0.145. The number of hydrogen-bond donors (Lipinski definition) is 0. The zero-order valence-corrected chi connectivity index (χ0v) is 25.6. The largest absolute Gasteiger partial charge is 0.497 e. The van der Waals surface area contributed by atoms with E-state index in [0.29, 0.717) is 36.9 Å². The van der Waals surface area contributed by atoms with Crippen LogP contribution in [0.2, 0.25) is 0 Å². The molecule has 2 atom stereocenters. The van der Waals surface area contributed by atoms with E-state index in [4.69, 9.17) is 14.5 Å². The number of pyridine rings is 1. The summed E-state index contributed by atoms with van der Waals surface area (Å²) in [6.07, 6.45) is 1.27. The number of alkyl halides is 3. The van der Waals surface area contributed by atoms with E-state index in [-0.39, 0.29) is 17.2 Å². The third-order valence-electron chi connectivity index (χ3n) is 7.93. The van der Waals surface area contributed by atoms with Gasteiger partial charge in [-0.15, -0.1) is 0 Å². The maximum Gasteiger partial charge on any atom is 0.418 e. The van der Waals surface area contributed by atoms with E-state index in [2.05, 4.69) is 16.2 Å². The lowest BCUT2D eigenvalue weighted by molar-refractivity contribution is -0.139. The van der Waals surface area contributed by atoms with Gasteiger partial charge in [-0.2, -0.15) is 13.2 Å². The number of hydrogen-bond acceptors (Lipinski definition) is 7. The van der Waals surface area contributed by atoms with Crippen LogP contribution in [0.1, 0.15) is 52.0 Å². The van der Waals surface area contributed by atoms with E-state index in [9.17, 15) is 13.2 Å². The molecule has 0 saturated heterocycles. The first-order chi connectivity index (χ1) is 20.6. The van der Waals surface area contributed by atoms with E-state index in [0.717, 1.165) is 33.9 Å². The molecule has 0 aliphatic heterocycles. The topological polar surface area (TPSA) is 60.4 Å². The molecule has 0 bridgehead atoms. The van der Waals surface area contributed by atoms with Crippen LogP contribution in [0.4, 0.5) is 19.0 Å². The zero-order chi connectivity index (χ0) is 30.7. The van der Waals surface area contributed by atoms with Gasteiger partial charge < -0.3 is 14.4 Å². The van der Waals surface area contributed by atoms with Gasteiger partial charge in [-0.3, -0.25) is 0 Å². The summed E-state index contributed by atoms with van der Waals surface area (Å²) in [6.45, 7) is 4.38. The van der Waals surface area contributed by atoms with E-state index >= 15 is 0 Å². The van der Waals surface area contributed by atoms with Crippen molar-refractivity contribution in [2.75, 3.05) is 25.4 Å². The number of aromatic nitrogens is 3. The number of rotatable bonds is 9. The standard InChI is InChI=1S/C33H34F3N4O2S/c1-20-14-24-17-37-32(43-5)38-28(24)16-27(20)31-30(33(34,35)36)21(2)15-29(39-31)40(18-22-6-10-25(41-3)11-7-22)19-23-8-12-26(42-4)13-9-23/h6-13,15,20,27H,14,16,18-19H2,1-5H3. The molecule has 1 radical (unpaired) electrons. The van der Waals surface area contributed by atoms with E-state index < -0.39 is 17.7 Å². The van der Waals surface area contributed by atoms with Gasteiger partial charge in [0.05, 0.1) is 31.7 Å². The summed E-state index contributed by atoms with van der Waals surface area (Å²) < 4.78 is 54.6. The molecule has 2 unspecified atom stereocenters. The number of nitrogens with zero attached hydrogens (tertiary/aromatic N) is 4. The molecule has 4 aromatic rings. The Balaban J connectivity index is 1.60. The van der Waals surface area contributed by atoms with Crippen LogP contribution in [-0.2, 0) is 32.1 Å². The minimum atomic E-state index is -4.55. The Labute approximate surface area is 254 Å². The van der Waals surface area contributed by atoms with E-state index in [1.54, 1.807) is 20.3 Å². The van der Waals surface area contributed by atoms with Gasteiger partial charge in [0.15, 0.2) is 5.16 Å². The number of fused-ring (bicyclic) bond motifs is 1. The molecule has 43 heavy (non-hydrogen) atoms. The molecule has 0 spiro atoms. The van der Waals surface area contributed by atoms with Gasteiger partial charge in [0, 0.05) is 30.3 Å². The molecule has 5 rings (SSSR count). The van der Waals surface area contributed by atoms with Crippen molar-refractivity contribution in [3.05, 3.63) is 100.0 Å². The van der Waals surface area contributed by atoms with Crippen LogP contribution in [0.5, 0.6) is 11.5 Å². The van der Waals surface area contributed by atoms with Crippen molar-refractivity contribution in [2.45, 2.75) is 57.0 Å². The summed E-state index contributed by atoms with van der Waals surface area (Å²) in [5.74, 6) is 1.38. The first-order valence-electron chi connectivity index (χ1n) is 14.0. The number of aryl methyl sites for hydroxylation is 1. The third-order valence-corrected chi connectivity index (χ3v) is 8.48. The van der Waals surface area contributed by atoms with E-state index in [1.807, 2.05) is 66.6 Å². The molecule has 10 heteroatoms. The highest BCUT2D eigenvalue weighted by atomic mass is 32.2. The minimum Gasteiger partial charge on any atom is -0.497 e. The van der Waals surface area contributed by atoms with Crippen molar-refractivity contribution in [3.8, 4) is 11.5 Å². The molecule has 2 aromatic heterocycles. The van der Waals surface area contributed by atoms with Crippen molar-refractivity contribution in [1.82, 2.24) is 15.0 Å². The molecule has 6 nitrogen and oxygen atoms in total. The maximum atomic E-state index is 14.7. The molecule has 0 saturated carbocycles. The predicted molar refractivity (Wildman–Crippen MR) is 162 cm³/mol. The molecular weight excluding hydrogens is 573 g/mol. The zero-order valence-electron chi connectivity index (χ0n) is 24.8. The molecule has 225 valence electrons. The Bertz CT molecular complexity index is 1510. The number of halogens is 3. The Morgan fingerprint density at radius 3 is 2.02 bits per heavy atom. The number of benzene rings is 2. The van der Waals surface area contributed by atoms with Crippen molar-refractivity contribution in [1.29, 1.82) is 0 Å². The number of ether oxygens (including phenoxy) is 2. The Morgan fingerprint density at radius 1 is 0.930 bits per heavy atom. The molecular formula is C33H34F3N4O2S. The van der Waals surface area contributed by atoms with Crippen LogP contribution >= 0.6 is 11.8 Å². The summed E-state index contributed by atoms with van der Waals surface area (Å²) in [7, 11) is 3.22. The summed E-state index contributed by atoms with van der Waals surface area (Å²) in [6, 6.07) is 16.9. The first-order valence-corrected chi connectivity index (χ1v) is 15.2. The summed E-state index contributed by atoms with van der Waals surface area (Å²) in [5.41, 5.74) is 3.13. The highest BCUT2D eigenvalue weighted by Gasteiger charge is 2.41. The van der Waals surface area contributed by atoms with Crippen molar-refractivity contribution in [2.24, 2.45) is 5.92 Å². The van der Waals surface area contributed by atoms with E-state index in [1.165, 1.54) is 18.7 Å². The van der Waals surface area contributed by atoms with Crippen LogP contribution in [0.25, 0.3) is 0 Å². The minimum absolute atomic E-state index is 0.0689. The smallest absolute Gasteiger partial charge is 0.418 e. The number of thioether (sulfide) groups is 1. The Hall–Kier alpha value is -3.79. The highest BCUT2D eigenvalue weighted by Crippen LogP contribution is 2.44. The van der Waals surface area contributed by atoms with Gasteiger partial charge in [-0.25, -0.2) is 15.0 Å². The molecule has 0 amide bonds. The van der Waals surface area contributed by atoms with Crippen LogP contribution in [0.3, 0.4) is 0 Å². The lowest BCUT2D eigenvalue weighted by atomic mass is 9.76. The normalized spacial score (nSPS) is 16.5. The maximum absolute atomic E-state index is 14.7. The van der Waals surface area contributed by atoms with Gasteiger partial charge in [-0.1, -0.05) is 43.0 Å². The monoisotopic (exact) mass is 607 g/mol. The van der Waals surface area contributed by atoms with Crippen molar-refractivity contribution in [3.63, 3.8) is 0 Å². The lowest BCUT2D eigenvalue weighted by Gasteiger charge is -2.33. The molecule has 0 fully saturated rings. The molecule has 0 N–H and O–H groups in total. The SMILES string of the molecule is COc1ccc(CN(Cc2ccc(OC)cc2)c2cc(C)c(C(F)(F)F)c(C3Cc4nc(SC)n[c]c4CC3C)n2)cc1. The second-order valence-electron chi connectivity index (χ2n) is 10.8. The van der Waals surface area contributed by atoms with Gasteiger partial charge in [0.2, 0.25) is 0 Å². The fraction of sp³-hybridized carbons (Fsp3) is 0.364. The van der Waals surface area contributed by atoms with Gasteiger partial charge in [0.1, 0.15) is 17.3 Å². The average Bonchev–Trinajstić information content (AvgIpc) is 2.99. The summed E-state index contributed by atoms with van der Waals surface area (Å²) in [4.78, 5) is 15.8. The molecule has 1 aliphatic rings. The van der Waals surface area contributed by atoms with Gasteiger partial charge >= 0.3 is 6.18 Å². The average molecular weight is 608 g/mol. The van der Waals surface area contributed by atoms with Gasteiger partial charge in [-0.05, 0) is 79.0 Å². The molecule has 2 aromatic carbocycles. The first kappa shape index (κ1) is 30.7. The number of methoxy groups -OCH3 is 2. The van der Waals surface area contributed by atoms with Crippen LogP contribution in [-0.4, -0.2) is 35.4 Å². The van der Waals surface area contributed by atoms with Crippen LogP contribution in [0, 0.1) is 19.0 Å². The van der Waals surface area contributed by atoms with Crippen molar-refractivity contribution < 1.29 is 22.6 Å². The predicted octanol–water partition coefficient (Wildman–Crippen LogP) is 7.46. The lowest BCUT2D eigenvalue weighted by Crippen LogP contribution is -2.29. The van der Waals surface area contributed by atoms with Crippen LogP contribution in [0.15, 0.2) is 59.8 Å².